The highest BCUT2D eigenvalue weighted by molar-refractivity contribution is 5.95. The molecule has 1 aromatic heterocycles. The van der Waals surface area contributed by atoms with E-state index in [9.17, 15) is 9.59 Å². The first-order valence-corrected chi connectivity index (χ1v) is 8.36. The van der Waals surface area contributed by atoms with Crippen molar-refractivity contribution >= 4 is 22.8 Å². The number of carbonyl (C=O) groups excluding carboxylic acids is 2. The summed E-state index contributed by atoms with van der Waals surface area (Å²) in [5.41, 5.74) is 6.23. The molecule has 0 unspecified atom stereocenters. The van der Waals surface area contributed by atoms with E-state index in [2.05, 4.69) is 5.32 Å². The topological polar surface area (TPSA) is 104 Å². The van der Waals surface area contributed by atoms with Crippen molar-refractivity contribution in [3.05, 3.63) is 59.9 Å². The fraction of sp³-hybridized carbons (Fsp3) is 0.200. The van der Waals surface area contributed by atoms with Gasteiger partial charge < -0.3 is 24.9 Å². The van der Waals surface area contributed by atoms with E-state index in [0.29, 0.717) is 22.8 Å². The summed E-state index contributed by atoms with van der Waals surface area (Å²) in [5, 5.41) is 3.87. The number of ether oxygens (including phenoxy) is 2. The highest BCUT2D eigenvalue weighted by Crippen LogP contribution is 2.29. The van der Waals surface area contributed by atoms with Gasteiger partial charge >= 0.3 is 0 Å². The summed E-state index contributed by atoms with van der Waals surface area (Å²) in [6.07, 6.45) is 0. The molecule has 1 heterocycles. The largest absolute Gasteiger partial charge is 0.493 e. The quantitative estimate of drug-likeness (QED) is 0.667. The summed E-state index contributed by atoms with van der Waals surface area (Å²) in [4.78, 5) is 23.4. The van der Waals surface area contributed by atoms with E-state index < -0.39 is 5.91 Å². The number of furan rings is 1. The number of amides is 2. The molecule has 0 aliphatic rings. The van der Waals surface area contributed by atoms with Crippen molar-refractivity contribution in [1.82, 2.24) is 5.32 Å². The molecule has 140 valence electrons. The molecule has 0 saturated heterocycles. The van der Waals surface area contributed by atoms with Crippen LogP contribution < -0.4 is 20.5 Å². The Morgan fingerprint density at radius 2 is 1.93 bits per heavy atom. The molecule has 2 amide bonds. The number of primary amides is 1. The summed E-state index contributed by atoms with van der Waals surface area (Å²) in [5.74, 6) is 0.442. The van der Waals surface area contributed by atoms with E-state index in [-0.39, 0.29) is 18.6 Å². The predicted molar refractivity (Wildman–Crippen MR) is 99.8 cm³/mol. The molecule has 1 atom stereocenters. The molecular formula is C20H20N2O5. The summed E-state index contributed by atoms with van der Waals surface area (Å²) >= 11 is 0. The van der Waals surface area contributed by atoms with Gasteiger partial charge in [0.05, 0.1) is 13.2 Å². The van der Waals surface area contributed by atoms with Crippen LogP contribution in [-0.4, -0.2) is 25.5 Å². The number of carbonyl (C=O) groups is 2. The predicted octanol–water partition coefficient (Wildman–Crippen LogP) is 2.80. The second kappa shape index (κ2) is 7.82. The van der Waals surface area contributed by atoms with Crippen LogP contribution in [0, 0.1) is 0 Å². The van der Waals surface area contributed by atoms with Crippen molar-refractivity contribution in [2.75, 3.05) is 13.7 Å². The lowest BCUT2D eigenvalue weighted by atomic mass is 10.1. The molecule has 27 heavy (non-hydrogen) atoms. The number of hydrogen-bond acceptors (Lipinski definition) is 5. The fourth-order valence-electron chi connectivity index (χ4n) is 2.64. The zero-order chi connectivity index (χ0) is 19.4. The van der Waals surface area contributed by atoms with Crippen molar-refractivity contribution in [2.24, 2.45) is 5.73 Å². The van der Waals surface area contributed by atoms with Gasteiger partial charge in [0.2, 0.25) is 0 Å². The molecule has 3 rings (SSSR count). The van der Waals surface area contributed by atoms with Crippen LogP contribution in [0.1, 0.15) is 29.1 Å². The molecule has 0 spiro atoms. The molecule has 7 nitrogen and oxygen atoms in total. The van der Waals surface area contributed by atoms with Crippen molar-refractivity contribution in [3.63, 3.8) is 0 Å². The fourth-order valence-corrected chi connectivity index (χ4v) is 2.64. The summed E-state index contributed by atoms with van der Waals surface area (Å²) in [7, 11) is 1.45. The maximum absolute atomic E-state index is 12.6. The molecule has 3 N–H and O–H groups in total. The van der Waals surface area contributed by atoms with Gasteiger partial charge in [-0.3, -0.25) is 9.59 Å². The molecule has 0 aliphatic heterocycles. The Hall–Kier alpha value is -3.48. The number of methoxy groups -OCH3 is 1. The zero-order valence-electron chi connectivity index (χ0n) is 15.0. The van der Waals surface area contributed by atoms with Crippen LogP contribution in [0.3, 0.4) is 0 Å². The van der Waals surface area contributed by atoms with Crippen molar-refractivity contribution in [1.29, 1.82) is 0 Å². The van der Waals surface area contributed by atoms with Crippen molar-refractivity contribution in [2.45, 2.75) is 13.0 Å². The molecule has 0 fully saturated rings. The van der Waals surface area contributed by atoms with Crippen molar-refractivity contribution in [3.8, 4) is 11.5 Å². The van der Waals surface area contributed by atoms with Gasteiger partial charge in [-0.1, -0.05) is 18.2 Å². The second-order valence-corrected chi connectivity index (χ2v) is 6.00. The number of fused-ring (bicyclic) bond motifs is 1. The Kier molecular flexibility index (Phi) is 5.30. The van der Waals surface area contributed by atoms with Crippen LogP contribution in [0.25, 0.3) is 11.0 Å². The van der Waals surface area contributed by atoms with E-state index in [1.807, 2.05) is 37.3 Å². The first-order valence-electron chi connectivity index (χ1n) is 8.36. The zero-order valence-corrected chi connectivity index (χ0v) is 15.0. The van der Waals surface area contributed by atoms with Crippen LogP contribution in [-0.2, 0) is 4.79 Å². The molecule has 0 radical (unpaired) electrons. The van der Waals surface area contributed by atoms with Crippen LogP contribution >= 0.6 is 0 Å². The van der Waals surface area contributed by atoms with Gasteiger partial charge in [0.1, 0.15) is 11.3 Å². The van der Waals surface area contributed by atoms with Crippen LogP contribution in [0.4, 0.5) is 0 Å². The van der Waals surface area contributed by atoms with Gasteiger partial charge in [-0.05, 0) is 37.3 Å². The average Bonchev–Trinajstić information content (AvgIpc) is 3.10. The van der Waals surface area contributed by atoms with Gasteiger partial charge in [-0.2, -0.15) is 0 Å². The van der Waals surface area contributed by atoms with Gasteiger partial charge in [0.15, 0.2) is 18.1 Å². The van der Waals surface area contributed by atoms with E-state index in [1.165, 1.54) is 13.2 Å². The summed E-state index contributed by atoms with van der Waals surface area (Å²) in [6.45, 7) is 1.57. The maximum Gasteiger partial charge on any atom is 0.255 e. The third-order valence-corrected chi connectivity index (χ3v) is 4.01. The van der Waals surface area contributed by atoms with E-state index in [0.717, 1.165) is 11.0 Å². The monoisotopic (exact) mass is 368 g/mol. The minimum absolute atomic E-state index is 0.273. The molecule has 2 aromatic carbocycles. The minimum Gasteiger partial charge on any atom is -0.493 e. The number of benzene rings is 2. The van der Waals surface area contributed by atoms with E-state index in [4.69, 9.17) is 19.6 Å². The SMILES string of the molecule is COc1cc(C(=O)N[C@H](C)c2cc3ccccc3o2)ccc1OCC(N)=O. The Bertz CT molecular complexity index is 946. The molecule has 7 heteroatoms. The lowest BCUT2D eigenvalue weighted by molar-refractivity contribution is -0.119. The highest BCUT2D eigenvalue weighted by Gasteiger charge is 2.17. The second-order valence-electron chi connectivity index (χ2n) is 6.00. The summed E-state index contributed by atoms with van der Waals surface area (Å²) in [6, 6.07) is 13.9. The van der Waals surface area contributed by atoms with Gasteiger partial charge in [0, 0.05) is 10.9 Å². The molecule has 0 bridgehead atoms. The first-order chi connectivity index (χ1) is 13.0. The van der Waals surface area contributed by atoms with Gasteiger partial charge in [0.25, 0.3) is 11.8 Å². The number of nitrogens with two attached hydrogens (primary N) is 1. The molecular weight excluding hydrogens is 348 g/mol. The highest BCUT2D eigenvalue weighted by atomic mass is 16.5. The van der Waals surface area contributed by atoms with Crippen LogP contribution in [0.15, 0.2) is 52.9 Å². The number of nitrogens with one attached hydrogen (secondary N) is 1. The van der Waals surface area contributed by atoms with Crippen LogP contribution in [0.5, 0.6) is 11.5 Å². The number of hydrogen-bond donors (Lipinski definition) is 2. The average molecular weight is 368 g/mol. The Balaban J connectivity index is 1.73. The third kappa shape index (κ3) is 4.20. The lowest BCUT2D eigenvalue weighted by Gasteiger charge is -2.14. The van der Waals surface area contributed by atoms with Crippen LogP contribution in [0.2, 0.25) is 0 Å². The molecule has 0 saturated carbocycles. The van der Waals surface area contributed by atoms with Gasteiger partial charge in [-0.25, -0.2) is 0 Å². The number of para-hydroxylation sites is 1. The lowest BCUT2D eigenvalue weighted by Crippen LogP contribution is -2.26. The minimum atomic E-state index is -0.599. The van der Waals surface area contributed by atoms with E-state index >= 15 is 0 Å². The van der Waals surface area contributed by atoms with E-state index in [1.54, 1.807) is 12.1 Å². The van der Waals surface area contributed by atoms with Gasteiger partial charge in [-0.15, -0.1) is 0 Å². The smallest absolute Gasteiger partial charge is 0.255 e. The first kappa shape index (κ1) is 18.3. The third-order valence-electron chi connectivity index (χ3n) is 4.01. The Morgan fingerprint density at radius 1 is 1.15 bits per heavy atom. The normalized spacial score (nSPS) is 11.8. The maximum atomic E-state index is 12.6. The van der Waals surface area contributed by atoms with Crippen molar-refractivity contribution < 1.29 is 23.5 Å². The Labute approximate surface area is 156 Å². The summed E-state index contributed by atoms with van der Waals surface area (Å²) < 4.78 is 16.3. The molecule has 3 aromatic rings. The molecule has 0 aliphatic carbocycles. The Morgan fingerprint density at radius 3 is 2.63 bits per heavy atom. The standard InChI is InChI=1S/C20H20N2O5/c1-12(17-9-13-5-3-4-6-15(13)27-17)22-20(24)14-7-8-16(18(10-14)25-2)26-11-19(21)23/h3-10,12H,11H2,1-2H3,(H2,21,23)(H,22,24)/t12-/m1/s1. The number of rotatable bonds is 7.